The van der Waals surface area contributed by atoms with Crippen LogP contribution in [-0.2, 0) is 4.79 Å². The average molecular weight is 254 g/mol. The lowest BCUT2D eigenvalue weighted by Gasteiger charge is -2.41. The summed E-state index contributed by atoms with van der Waals surface area (Å²) in [4.78, 5) is 13.7. The van der Waals surface area contributed by atoms with Crippen LogP contribution >= 0.6 is 0 Å². The van der Waals surface area contributed by atoms with Gasteiger partial charge in [-0.05, 0) is 14.0 Å². The van der Waals surface area contributed by atoms with Crippen LogP contribution in [0.15, 0.2) is 0 Å². The molecule has 0 aromatic carbocycles. The van der Waals surface area contributed by atoms with Crippen molar-refractivity contribution in [2.75, 3.05) is 26.7 Å². The Hall–Kier alpha value is -0.820. The molecule has 2 atom stereocenters. The number of carboxylic acids is 1. The van der Waals surface area contributed by atoms with Crippen LogP contribution in [0.1, 0.15) is 13.3 Å². The van der Waals surface area contributed by atoms with E-state index in [0.717, 1.165) is 0 Å². The zero-order valence-corrected chi connectivity index (χ0v) is 9.87. The smallest absolute Gasteiger partial charge is 0.404 e. The molecule has 0 saturated carbocycles. The number of hydrogen-bond acceptors (Lipinski definition) is 3. The lowest BCUT2D eigenvalue weighted by atomic mass is 10.1. The Labute approximate surface area is 98.0 Å². The summed E-state index contributed by atoms with van der Waals surface area (Å²) >= 11 is 0. The van der Waals surface area contributed by atoms with Crippen molar-refractivity contribution < 1.29 is 23.1 Å². The standard InChI is InChI=1S/C10H17F3N2O2/c1-7-6-15(4-3-14(7)2)8(5-9(16)17)10(11,12)13/h7-8H,3-6H2,1-2H3,(H,16,17). The first-order valence-corrected chi connectivity index (χ1v) is 5.44. The molecule has 0 aromatic heterocycles. The summed E-state index contributed by atoms with van der Waals surface area (Å²) in [6.07, 6.45) is -5.38. The highest BCUT2D eigenvalue weighted by molar-refractivity contribution is 5.67. The Kier molecular flexibility index (Phi) is 4.37. The van der Waals surface area contributed by atoms with Crippen LogP contribution in [0.5, 0.6) is 0 Å². The van der Waals surface area contributed by atoms with Crippen molar-refractivity contribution >= 4 is 5.97 Å². The zero-order valence-electron chi connectivity index (χ0n) is 9.87. The van der Waals surface area contributed by atoms with Crippen molar-refractivity contribution in [3.8, 4) is 0 Å². The maximum atomic E-state index is 12.8. The van der Waals surface area contributed by atoms with Crippen molar-refractivity contribution in [1.82, 2.24) is 9.80 Å². The summed E-state index contributed by atoms with van der Waals surface area (Å²) in [5.74, 6) is -1.42. The summed E-state index contributed by atoms with van der Waals surface area (Å²) in [6.45, 7) is 2.85. The highest BCUT2D eigenvalue weighted by Gasteiger charge is 2.45. The van der Waals surface area contributed by atoms with Crippen molar-refractivity contribution in [3.63, 3.8) is 0 Å². The monoisotopic (exact) mass is 254 g/mol. The molecule has 4 nitrogen and oxygen atoms in total. The van der Waals surface area contributed by atoms with Crippen LogP contribution in [0.3, 0.4) is 0 Å². The van der Waals surface area contributed by atoms with Gasteiger partial charge in [0.15, 0.2) is 0 Å². The maximum Gasteiger partial charge on any atom is 0.404 e. The molecule has 7 heteroatoms. The first kappa shape index (κ1) is 14.2. The molecule has 100 valence electrons. The first-order chi connectivity index (χ1) is 7.71. The third-order valence-corrected chi connectivity index (χ3v) is 3.18. The van der Waals surface area contributed by atoms with Gasteiger partial charge < -0.3 is 10.0 Å². The minimum atomic E-state index is -4.49. The molecule has 2 unspecified atom stereocenters. The minimum absolute atomic E-state index is 0.00222. The van der Waals surface area contributed by atoms with Gasteiger partial charge >= 0.3 is 12.1 Å². The molecular formula is C10H17F3N2O2. The predicted molar refractivity (Wildman–Crippen MR) is 55.8 cm³/mol. The molecule has 0 amide bonds. The molecule has 1 fully saturated rings. The number of carboxylic acid groups (broad SMARTS) is 1. The van der Waals surface area contributed by atoms with Gasteiger partial charge in [0, 0.05) is 25.7 Å². The Bertz CT molecular complexity index is 283. The number of hydrogen-bond donors (Lipinski definition) is 1. The van der Waals surface area contributed by atoms with E-state index < -0.39 is 24.6 Å². The molecule has 1 rings (SSSR count). The van der Waals surface area contributed by atoms with Crippen molar-refractivity contribution in [2.24, 2.45) is 0 Å². The summed E-state index contributed by atoms with van der Waals surface area (Å²) in [5.41, 5.74) is 0. The lowest BCUT2D eigenvalue weighted by Crippen LogP contribution is -2.57. The Morgan fingerprint density at radius 2 is 2.06 bits per heavy atom. The number of likely N-dealkylation sites (N-methyl/N-ethyl adjacent to an activating group) is 1. The second-order valence-corrected chi connectivity index (χ2v) is 4.48. The van der Waals surface area contributed by atoms with E-state index in [-0.39, 0.29) is 19.1 Å². The lowest BCUT2D eigenvalue weighted by molar-refractivity contribution is -0.195. The molecule has 1 saturated heterocycles. The average Bonchev–Trinajstić information content (AvgIpc) is 2.17. The largest absolute Gasteiger partial charge is 0.481 e. The van der Waals surface area contributed by atoms with Gasteiger partial charge in [-0.25, -0.2) is 0 Å². The molecule has 0 aromatic rings. The predicted octanol–water partition coefficient (Wildman–Crippen LogP) is 1.03. The topological polar surface area (TPSA) is 43.8 Å². The quantitative estimate of drug-likeness (QED) is 0.817. The number of nitrogens with zero attached hydrogens (tertiary/aromatic N) is 2. The van der Waals surface area contributed by atoms with E-state index in [4.69, 9.17) is 5.11 Å². The SMILES string of the molecule is CC1CN(C(CC(=O)O)C(F)(F)F)CCN1C. The van der Waals surface area contributed by atoms with Gasteiger partial charge in [-0.15, -0.1) is 0 Å². The summed E-state index contributed by atoms with van der Waals surface area (Å²) in [5, 5.41) is 8.56. The van der Waals surface area contributed by atoms with E-state index in [9.17, 15) is 18.0 Å². The van der Waals surface area contributed by atoms with Crippen molar-refractivity contribution in [1.29, 1.82) is 0 Å². The number of carbonyl (C=O) groups is 1. The van der Waals surface area contributed by atoms with Gasteiger partial charge in [0.05, 0.1) is 6.42 Å². The molecular weight excluding hydrogens is 237 g/mol. The molecule has 1 aliphatic rings. The number of alkyl halides is 3. The van der Waals surface area contributed by atoms with Gasteiger partial charge in [0.2, 0.25) is 0 Å². The zero-order chi connectivity index (χ0) is 13.2. The molecule has 0 aliphatic carbocycles. The van der Waals surface area contributed by atoms with Crippen LogP contribution < -0.4 is 0 Å². The molecule has 1 N–H and O–H groups in total. The van der Waals surface area contributed by atoms with Gasteiger partial charge in [-0.2, -0.15) is 13.2 Å². The van der Waals surface area contributed by atoms with Crippen LogP contribution in [0, 0.1) is 0 Å². The van der Waals surface area contributed by atoms with Crippen molar-refractivity contribution in [2.45, 2.75) is 31.6 Å². The number of aliphatic carboxylic acids is 1. The second-order valence-electron chi connectivity index (χ2n) is 4.48. The van der Waals surface area contributed by atoms with E-state index in [1.54, 1.807) is 0 Å². The fourth-order valence-corrected chi connectivity index (χ4v) is 1.98. The third kappa shape index (κ3) is 3.85. The highest BCUT2D eigenvalue weighted by Crippen LogP contribution is 2.28. The van der Waals surface area contributed by atoms with Gasteiger partial charge in [-0.3, -0.25) is 9.69 Å². The summed E-state index contributed by atoms with van der Waals surface area (Å²) in [6, 6.07) is -1.88. The van der Waals surface area contributed by atoms with Crippen LogP contribution in [0.2, 0.25) is 0 Å². The molecule has 1 heterocycles. The van der Waals surface area contributed by atoms with Gasteiger partial charge in [-0.1, -0.05) is 0 Å². The van der Waals surface area contributed by atoms with Crippen LogP contribution in [0.4, 0.5) is 13.2 Å². The van der Waals surface area contributed by atoms with E-state index in [2.05, 4.69) is 0 Å². The number of rotatable bonds is 3. The van der Waals surface area contributed by atoms with E-state index >= 15 is 0 Å². The molecule has 1 aliphatic heterocycles. The first-order valence-electron chi connectivity index (χ1n) is 5.44. The third-order valence-electron chi connectivity index (χ3n) is 3.18. The fraction of sp³-hybridized carbons (Fsp3) is 0.900. The molecule has 0 bridgehead atoms. The number of halogens is 3. The number of piperazine rings is 1. The van der Waals surface area contributed by atoms with Crippen LogP contribution in [0.25, 0.3) is 0 Å². The maximum absolute atomic E-state index is 12.8. The van der Waals surface area contributed by atoms with E-state index in [0.29, 0.717) is 6.54 Å². The Balaban J connectivity index is 2.74. The Morgan fingerprint density at radius 1 is 1.47 bits per heavy atom. The second kappa shape index (κ2) is 5.22. The van der Waals surface area contributed by atoms with Gasteiger partial charge in [0.1, 0.15) is 6.04 Å². The molecule has 17 heavy (non-hydrogen) atoms. The van der Waals surface area contributed by atoms with Crippen LogP contribution in [-0.4, -0.2) is 65.8 Å². The van der Waals surface area contributed by atoms with E-state index in [1.807, 2.05) is 18.9 Å². The fourth-order valence-electron chi connectivity index (χ4n) is 1.98. The van der Waals surface area contributed by atoms with E-state index in [1.165, 1.54) is 4.90 Å². The molecule has 0 spiro atoms. The van der Waals surface area contributed by atoms with Crippen molar-refractivity contribution in [3.05, 3.63) is 0 Å². The summed E-state index contributed by atoms with van der Waals surface area (Å²) < 4.78 is 38.3. The minimum Gasteiger partial charge on any atom is -0.481 e. The normalized spacial score (nSPS) is 25.8. The summed E-state index contributed by atoms with van der Waals surface area (Å²) in [7, 11) is 1.85. The van der Waals surface area contributed by atoms with Gasteiger partial charge in [0.25, 0.3) is 0 Å². The molecule has 0 radical (unpaired) electrons. The Morgan fingerprint density at radius 3 is 2.47 bits per heavy atom. The highest BCUT2D eigenvalue weighted by atomic mass is 19.4.